The van der Waals surface area contributed by atoms with E-state index in [0.29, 0.717) is 25.4 Å². The number of hydrogen-bond donors (Lipinski definition) is 2. The Kier molecular flexibility index (Phi) is 6.17. The summed E-state index contributed by atoms with van der Waals surface area (Å²) in [6.45, 7) is 4.78. The van der Waals surface area contributed by atoms with Gasteiger partial charge in [-0.3, -0.25) is 0 Å². The lowest BCUT2D eigenvalue weighted by Crippen LogP contribution is -2.37. The first-order valence-corrected chi connectivity index (χ1v) is 5.65. The maximum atomic E-state index is 11.2. The van der Waals surface area contributed by atoms with Crippen LogP contribution in [0.1, 0.15) is 0 Å². The lowest BCUT2D eigenvalue weighted by Gasteiger charge is -2.09. The van der Waals surface area contributed by atoms with Crippen molar-refractivity contribution < 1.29 is 14.3 Å². The molecule has 1 aromatic carbocycles. The summed E-state index contributed by atoms with van der Waals surface area (Å²) in [6.07, 6.45) is 1.62. The van der Waals surface area contributed by atoms with Crippen LogP contribution in [0, 0.1) is 0 Å². The highest BCUT2D eigenvalue weighted by Gasteiger charge is 1.98. The molecule has 0 aromatic heterocycles. The number of methoxy groups -OCH3 is 1. The maximum absolute atomic E-state index is 11.2. The van der Waals surface area contributed by atoms with Gasteiger partial charge in [0.2, 0.25) is 0 Å². The summed E-state index contributed by atoms with van der Waals surface area (Å²) in [6, 6.07) is 7.08. The molecule has 2 N–H and O–H groups in total. The van der Waals surface area contributed by atoms with Crippen LogP contribution in [0.15, 0.2) is 36.9 Å². The molecule has 0 saturated heterocycles. The fourth-order valence-corrected chi connectivity index (χ4v) is 1.25. The number of carbonyl (C=O) groups is 1. The second-order valence-corrected chi connectivity index (χ2v) is 3.45. The van der Waals surface area contributed by atoms with Crippen molar-refractivity contribution in [3.05, 3.63) is 36.9 Å². The van der Waals surface area contributed by atoms with Gasteiger partial charge in [-0.1, -0.05) is 12.1 Å². The van der Waals surface area contributed by atoms with E-state index in [1.807, 2.05) is 18.2 Å². The third kappa shape index (κ3) is 5.25. The van der Waals surface area contributed by atoms with Crippen LogP contribution in [0.25, 0.3) is 0 Å². The summed E-state index contributed by atoms with van der Waals surface area (Å²) in [7, 11) is 1.60. The van der Waals surface area contributed by atoms with Crippen LogP contribution >= 0.6 is 0 Å². The Morgan fingerprint density at radius 1 is 1.39 bits per heavy atom. The number of amides is 2. The van der Waals surface area contributed by atoms with E-state index >= 15 is 0 Å². The fraction of sp³-hybridized carbons (Fsp3) is 0.308. The molecule has 0 atom stereocenters. The predicted molar refractivity (Wildman–Crippen MR) is 70.1 cm³/mol. The number of ether oxygens (including phenoxy) is 2. The first-order chi connectivity index (χ1) is 8.76. The molecule has 0 unspecified atom stereocenters. The molecule has 18 heavy (non-hydrogen) atoms. The van der Waals surface area contributed by atoms with Crippen LogP contribution in [0.3, 0.4) is 0 Å². The van der Waals surface area contributed by atoms with E-state index in [0.717, 1.165) is 5.75 Å². The van der Waals surface area contributed by atoms with Crippen molar-refractivity contribution >= 4 is 6.03 Å². The molecule has 1 rings (SSSR count). The third-order valence-corrected chi connectivity index (χ3v) is 2.10. The molecule has 0 aliphatic heterocycles. The van der Waals surface area contributed by atoms with E-state index in [4.69, 9.17) is 9.47 Å². The van der Waals surface area contributed by atoms with Crippen molar-refractivity contribution in [2.75, 3.05) is 26.8 Å². The number of carbonyl (C=O) groups excluding carboxylic acids is 1. The number of urea groups is 1. The van der Waals surface area contributed by atoms with Gasteiger partial charge in [-0.2, -0.15) is 0 Å². The highest BCUT2D eigenvalue weighted by atomic mass is 16.5. The lowest BCUT2D eigenvalue weighted by molar-refractivity contribution is 0.237. The van der Waals surface area contributed by atoms with Gasteiger partial charge < -0.3 is 20.1 Å². The Hall–Kier alpha value is -2.17. The largest absolute Gasteiger partial charge is 0.497 e. The van der Waals surface area contributed by atoms with Crippen molar-refractivity contribution in [2.45, 2.75) is 0 Å². The quantitative estimate of drug-likeness (QED) is 0.570. The van der Waals surface area contributed by atoms with Gasteiger partial charge in [0.15, 0.2) is 0 Å². The summed E-state index contributed by atoms with van der Waals surface area (Å²) < 4.78 is 10.5. The molecule has 0 heterocycles. The summed E-state index contributed by atoms with van der Waals surface area (Å²) in [5.74, 6) is 1.45. The molecule has 0 saturated carbocycles. The van der Waals surface area contributed by atoms with Gasteiger partial charge in [-0.25, -0.2) is 4.79 Å². The summed E-state index contributed by atoms with van der Waals surface area (Å²) in [5, 5.41) is 5.27. The van der Waals surface area contributed by atoms with Gasteiger partial charge in [-0.05, 0) is 12.1 Å². The highest BCUT2D eigenvalue weighted by Crippen LogP contribution is 2.18. The fourth-order valence-electron chi connectivity index (χ4n) is 1.25. The zero-order valence-electron chi connectivity index (χ0n) is 10.4. The average Bonchev–Trinajstić information content (AvgIpc) is 2.41. The smallest absolute Gasteiger partial charge is 0.315 e. The van der Waals surface area contributed by atoms with Gasteiger partial charge in [-0.15, -0.1) is 6.58 Å². The number of benzene rings is 1. The van der Waals surface area contributed by atoms with Crippen LogP contribution in [0.4, 0.5) is 4.79 Å². The molecule has 0 radical (unpaired) electrons. The van der Waals surface area contributed by atoms with Crippen molar-refractivity contribution in [3.8, 4) is 11.5 Å². The van der Waals surface area contributed by atoms with Gasteiger partial charge in [0.05, 0.1) is 13.7 Å². The average molecular weight is 250 g/mol. The molecular weight excluding hydrogens is 232 g/mol. The van der Waals surface area contributed by atoms with E-state index in [1.54, 1.807) is 19.3 Å². The Bertz CT molecular complexity index is 394. The van der Waals surface area contributed by atoms with Crippen LogP contribution in [-0.4, -0.2) is 32.8 Å². The zero-order valence-corrected chi connectivity index (χ0v) is 10.4. The first-order valence-electron chi connectivity index (χ1n) is 5.65. The topological polar surface area (TPSA) is 59.6 Å². The molecule has 2 amide bonds. The minimum Gasteiger partial charge on any atom is -0.497 e. The number of rotatable bonds is 7. The van der Waals surface area contributed by atoms with E-state index in [1.165, 1.54) is 0 Å². The standard InChI is InChI=1S/C13H18N2O3/c1-3-7-14-13(16)15-8-9-18-12-6-4-5-11(10-12)17-2/h3-6,10H,1,7-9H2,2H3,(H2,14,15,16). The summed E-state index contributed by atoms with van der Waals surface area (Å²) in [4.78, 5) is 11.2. The predicted octanol–water partition coefficient (Wildman–Crippen LogP) is 1.56. The van der Waals surface area contributed by atoms with E-state index in [-0.39, 0.29) is 6.03 Å². The van der Waals surface area contributed by atoms with Crippen LogP contribution in [-0.2, 0) is 0 Å². The minimum atomic E-state index is -0.232. The van der Waals surface area contributed by atoms with Crippen molar-refractivity contribution in [1.29, 1.82) is 0 Å². The second-order valence-electron chi connectivity index (χ2n) is 3.45. The van der Waals surface area contributed by atoms with Crippen molar-refractivity contribution in [3.63, 3.8) is 0 Å². The van der Waals surface area contributed by atoms with Crippen molar-refractivity contribution in [2.24, 2.45) is 0 Å². The van der Waals surface area contributed by atoms with Crippen LogP contribution in [0.2, 0.25) is 0 Å². The minimum absolute atomic E-state index is 0.232. The lowest BCUT2D eigenvalue weighted by atomic mass is 10.3. The molecule has 5 nitrogen and oxygen atoms in total. The van der Waals surface area contributed by atoms with Gasteiger partial charge in [0.1, 0.15) is 18.1 Å². The molecule has 0 fully saturated rings. The Balaban J connectivity index is 2.20. The van der Waals surface area contributed by atoms with Gasteiger partial charge >= 0.3 is 6.03 Å². The number of nitrogens with one attached hydrogen (secondary N) is 2. The van der Waals surface area contributed by atoms with Crippen LogP contribution < -0.4 is 20.1 Å². The monoisotopic (exact) mass is 250 g/mol. The molecule has 0 spiro atoms. The van der Waals surface area contributed by atoms with Gasteiger partial charge in [0, 0.05) is 12.6 Å². The Morgan fingerprint density at radius 3 is 2.89 bits per heavy atom. The zero-order chi connectivity index (χ0) is 13.2. The molecule has 5 heteroatoms. The molecule has 98 valence electrons. The molecular formula is C13H18N2O3. The summed E-state index contributed by atoms with van der Waals surface area (Å²) >= 11 is 0. The molecule has 1 aromatic rings. The van der Waals surface area contributed by atoms with Crippen LogP contribution in [0.5, 0.6) is 11.5 Å². The SMILES string of the molecule is C=CCNC(=O)NCCOc1cccc(OC)c1. The maximum Gasteiger partial charge on any atom is 0.315 e. The van der Waals surface area contributed by atoms with Crippen molar-refractivity contribution in [1.82, 2.24) is 10.6 Å². The normalized spacial score (nSPS) is 9.39. The first kappa shape index (κ1) is 13.9. The third-order valence-electron chi connectivity index (χ3n) is 2.10. The molecule has 0 aliphatic rings. The van der Waals surface area contributed by atoms with Gasteiger partial charge in [0.25, 0.3) is 0 Å². The molecule has 0 aliphatic carbocycles. The van der Waals surface area contributed by atoms with E-state index < -0.39 is 0 Å². The molecule has 0 bridgehead atoms. The summed E-state index contributed by atoms with van der Waals surface area (Å²) in [5.41, 5.74) is 0. The Morgan fingerprint density at radius 2 is 2.17 bits per heavy atom. The number of hydrogen-bond acceptors (Lipinski definition) is 3. The van der Waals surface area contributed by atoms with E-state index in [9.17, 15) is 4.79 Å². The Labute approximate surface area is 107 Å². The highest BCUT2D eigenvalue weighted by molar-refractivity contribution is 5.73. The van der Waals surface area contributed by atoms with E-state index in [2.05, 4.69) is 17.2 Å². The second kappa shape index (κ2) is 8.00.